The van der Waals surface area contributed by atoms with Crippen LogP contribution in [0.15, 0.2) is 60.7 Å². The lowest BCUT2D eigenvalue weighted by molar-refractivity contribution is -0.304. The van der Waals surface area contributed by atoms with Crippen molar-refractivity contribution in [1.29, 1.82) is 0 Å². The maximum Gasteiger partial charge on any atom is 0.249 e. The first-order chi connectivity index (χ1) is 21.0. The highest BCUT2D eigenvalue weighted by molar-refractivity contribution is 5.99. The van der Waals surface area contributed by atoms with Crippen LogP contribution in [0.3, 0.4) is 0 Å². The van der Waals surface area contributed by atoms with Crippen LogP contribution in [-0.2, 0) is 23.9 Å². The Bertz CT molecular complexity index is 1120. The van der Waals surface area contributed by atoms with Gasteiger partial charge in [0.25, 0.3) is 0 Å². The van der Waals surface area contributed by atoms with Crippen molar-refractivity contribution in [2.45, 2.75) is 117 Å². The molecule has 1 aliphatic heterocycles. The number of carbonyl (C=O) groups excluding carboxylic acids is 3. The van der Waals surface area contributed by atoms with Gasteiger partial charge in [-0.05, 0) is 64.5 Å². The molecule has 1 heterocycles. The van der Waals surface area contributed by atoms with Gasteiger partial charge in [0.1, 0.15) is 6.10 Å². The van der Waals surface area contributed by atoms with Crippen LogP contribution < -0.4 is 16.0 Å². The molecule has 44 heavy (non-hydrogen) atoms. The second kappa shape index (κ2) is 19.9. The molecule has 0 bridgehead atoms. The summed E-state index contributed by atoms with van der Waals surface area (Å²) in [6.45, 7) is 10.1. The van der Waals surface area contributed by atoms with E-state index in [9.17, 15) is 14.4 Å². The van der Waals surface area contributed by atoms with Crippen LogP contribution in [0.4, 0.5) is 11.4 Å². The van der Waals surface area contributed by atoms with E-state index >= 15 is 0 Å². The van der Waals surface area contributed by atoms with Gasteiger partial charge in [-0.25, -0.2) is 0 Å². The number of nitrogens with one attached hydrogen (secondary N) is 3. The number of unbranched alkanes of at least 4 members (excludes halogenated alkanes) is 5. The molecule has 0 aliphatic carbocycles. The monoisotopic (exact) mass is 609 g/mol. The Labute approximate surface area is 265 Å². The average Bonchev–Trinajstić information content (AvgIpc) is 2.97. The maximum atomic E-state index is 12.8. The number of rotatable bonds is 19. The number of para-hydroxylation sites is 2. The Morgan fingerprint density at radius 1 is 0.795 bits per heavy atom. The van der Waals surface area contributed by atoms with Crippen LogP contribution >= 0.6 is 0 Å². The van der Waals surface area contributed by atoms with E-state index in [0.29, 0.717) is 24.4 Å². The van der Waals surface area contributed by atoms with Crippen LogP contribution in [0, 0.1) is 5.41 Å². The molecule has 0 aromatic heterocycles. The molecule has 0 spiro atoms. The van der Waals surface area contributed by atoms with Gasteiger partial charge in [0.05, 0.1) is 18.0 Å². The predicted molar refractivity (Wildman–Crippen MR) is 179 cm³/mol. The van der Waals surface area contributed by atoms with Crippen LogP contribution in [-0.4, -0.2) is 42.8 Å². The van der Waals surface area contributed by atoms with E-state index in [0.717, 1.165) is 51.4 Å². The van der Waals surface area contributed by atoms with Crippen molar-refractivity contribution in [3.05, 3.63) is 60.7 Å². The topological polar surface area (TPSA) is 106 Å². The van der Waals surface area contributed by atoms with Crippen molar-refractivity contribution < 1.29 is 23.9 Å². The summed E-state index contributed by atoms with van der Waals surface area (Å²) in [6, 6.07) is 7.15. The standard InChI is InChI=1S/C36H55N3O5/c1-6-7-8-9-10-11-12-13-14-15-16-17-18-19-20-25-31(40)38-29-23-21-22-24-30(29)39-32(41)26-27-37-34(42)33-35(2,3)28-43-36(4,5)44-33/h7-8,10-11,13-14,21-24,33H,6,9,12,15-20,25-28H2,1-5H3,(H,37,42)(H,38,40)(H,39,41)/b8-7-,11-10-,14-13-. The lowest BCUT2D eigenvalue weighted by Crippen LogP contribution is -2.56. The van der Waals surface area contributed by atoms with E-state index in [-0.39, 0.29) is 30.7 Å². The van der Waals surface area contributed by atoms with Gasteiger partial charge in [0, 0.05) is 24.8 Å². The number of anilines is 2. The molecule has 8 nitrogen and oxygen atoms in total. The van der Waals surface area contributed by atoms with Crippen LogP contribution in [0.2, 0.25) is 0 Å². The third kappa shape index (κ3) is 15.0. The molecule has 1 unspecified atom stereocenters. The summed E-state index contributed by atoms with van der Waals surface area (Å²) in [7, 11) is 0. The summed E-state index contributed by atoms with van der Waals surface area (Å²) in [5, 5.41) is 8.60. The maximum absolute atomic E-state index is 12.8. The highest BCUT2D eigenvalue weighted by Crippen LogP contribution is 2.34. The smallest absolute Gasteiger partial charge is 0.249 e. The van der Waals surface area contributed by atoms with Gasteiger partial charge >= 0.3 is 0 Å². The Morgan fingerprint density at radius 3 is 2.02 bits per heavy atom. The molecule has 3 amide bonds. The fourth-order valence-corrected chi connectivity index (χ4v) is 4.74. The van der Waals surface area contributed by atoms with Gasteiger partial charge < -0.3 is 25.4 Å². The van der Waals surface area contributed by atoms with Crippen molar-refractivity contribution in [3.63, 3.8) is 0 Å². The summed E-state index contributed by atoms with van der Waals surface area (Å²) in [5.41, 5.74) is 0.609. The van der Waals surface area contributed by atoms with E-state index in [1.54, 1.807) is 32.0 Å². The zero-order valence-corrected chi connectivity index (χ0v) is 27.6. The van der Waals surface area contributed by atoms with Crippen LogP contribution in [0.1, 0.15) is 105 Å². The van der Waals surface area contributed by atoms with E-state index in [1.807, 2.05) is 19.9 Å². The summed E-state index contributed by atoms with van der Waals surface area (Å²) in [5.74, 6) is -1.43. The third-order valence-electron chi connectivity index (χ3n) is 7.32. The number of benzene rings is 1. The van der Waals surface area contributed by atoms with Crippen LogP contribution in [0.25, 0.3) is 0 Å². The average molecular weight is 610 g/mol. The van der Waals surface area contributed by atoms with Gasteiger partial charge in [0.2, 0.25) is 17.7 Å². The van der Waals surface area contributed by atoms with Crippen molar-refractivity contribution in [1.82, 2.24) is 5.32 Å². The molecule has 1 atom stereocenters. The first-order valence-electron chi connectivity index (χ1n) is 16.3. The quantitative estimate of drug-likeness (QED) is 0.109. The fourth-order valence-electron chi connectivity index (χ4n) is 4.74. The Morgan fingerprint density at radius 2 is 1.36 bits per heavy atom. The van der Waals surface area contributed by atoms with Crippen molar-refractivity contribution in [2.24, 2.45) is 5.41 Å². The van der Waals surface area contributed by atoms with Crippen molar-refractivity contribution >= 4 is 29.1 Å². The number of hydrogen-bond donors (Lipinski definition) is 3. The highest BCUT2D eigenvalue weighted by Gasteiger charge is 2.45. The minimum Gasteiger partial charge on any atom is -0.353 e. The molecule has 0 radical (unpaired) electrons. The van der Waals surface area contributed by atoms with Gasteiger partial charge in [0.15, 0.2) is 5.79 Å². The van der Waals surface area contributed by atoms with E-state index in [4.69, 9.17) is 9.47 Å². The molecule has 3 N–H and O–H groups in total. The summed E-state index contributed by atoms with van der Waals surface area (Å²) in [6.07, 6.45) is 22.6. The molecule has 1 saturated heterocycles. The highest BCUT2D eigenvalue weighted by atomic mass is 16.7. The second-order valence-electron chi connectivity index (χ2n) is 12.5. The van der Waals surface area contributed by atoms with E-state index < -0.39 is 17.3 Å². The minimum absolute atomic E-state index is 0.0675. The summed E-state index contributed by atoms with van der Waals surface area (Å²) < 4.78 is 11.5. The molecule has 244 valence electrons. The molecule has 0 saturated carbocycles. The number of amides is 3. The summed E-state index contributed by atoms with van der Waals surface area (Å²) >= 11 is 0. The summed E-state index contributed by atoms with van der Waals surface area (Å²) in [4.78, 5) is 38.0. The Balaban J connectivity index is 1.62. The molecular weight excluding hydrogens is 554 g/mol. The van der Waals surface area contributed by atoms with Gasteiger partial charge in [-0.2, -0.15) is 0 Å². The predicted octanol–water partition coefficient (Wildman–Crippen LogP) is 7.84. The van der Waals surface area contributed by atoms with Crippen LogP contribution in [0.5, 0.6) is 0 Å². The van der Waals surface area contributed by atoms with Crippen molar-refractivity contribution in [2.75, 3.05) is 23.8 Å². The molecule has 1 fully saturated rings. The number of hydrogen-bond acceptors (Lipinski definition) is 5. The normalized spacial score (nSPS) is 17.7. The first kappa shape index (κ1) is 37.0. The van der Waals surface area contributed by atoms with Gasteiger partial charge in [-0.15, -0.1) is 0 Å². The second-order valence-corrected chi connectivity index (χ2v) is 12.5. The molecular formula is C36H55N3O5. The number of carbonyl (C=O) groups is 3. The Hall–Kier alpha value is -3.23. The zero-order valence-electron chi connectivity index (χ0n) is 27.6. The lowest BCUT2D eigenvalue weighted by atomic mass is 9.85. The largest absolute Gasteiger partial charge is 0.353 e. The zero-order chi connectivity index (χ0) is 32.3. The first-order valence-corrected chi connectivity index (χ1v) is 16.3. The molecule has 1 aromatic carbocycles. The van der Waals surface area contributed by atoms with Gasteiger partial charge in [-0.3, -0.25) is 14.4 Å². The number of ether oxygens (including phenoxy) is 2. The molecule has 2 rings (SSSR count). The number of allylic oxidation sites excluding steroid dienone is 6. The van der Waals surface area contributed by atoms with Gasteiger partial charge in [-0.1, -0.05) is 88.6 Å². The Kier molecular flexibility index (Phi) is 16.7. The minimum atomic E-state index is -0.843. The third-order valence-corrected chi connectivity index (χ3v) is 7.32. The SMILES string of the molecule is CC/C=C\C/C=C\C/C=C\CCCCCCCC(=O)Nc1ccccc1NC(=O)CCNC(=O)C1OC(C)(C)OCC1(C)C. The van der Waals surface area contributed by atoms with Crippen molar-refractivity contribution in [3.8, 4) is 0 Å². The molecule has 8 heteroatoms. The molecule has 1 aliphatic rings. The van der Waals surface area contributed by atoms with E-state index in [1.165, 1.54) is 6.42 Å². The fraction of sp³-hybridized carbons (Fsp3) is 0.583. The molecule has 1 aromatic rings. The lowest BCUT2D eigenvalue weighted by Gasteiger charge is -2.44. The van der Waals surface area contributed by atoms with E-state index in [2.05, 4.69) is 59.3 Å².